The molecule has 4 rings (SSSR count). The molecule has 1 amide bonds. The first kappa shape index (κ1) is 19.9. The van der Waals surface area contributed by atoms with Gasteiger partial charge in [0.1, 0.15) is 28.8 Å². The van der Waals surface area contributed by atoms with Crippen LogP contribution in [0.4, 0.5) is 14.5 Å². The summed E-state index contributed by atoms with van der Waals surface area (Å²) in [5, 5.41) is 12.2. The Balaban J connectivity index is 1.62. The summed E-state index contributed by atoms with van der Waals surface area (Å²) < 4.78 is 28.5. The van der Waals surface area contributed by atoms with E-state index in [0.717, 1.165) is 43.4 Å². The Morgan fingerprint density at radius 3 is 2.60 bits per heavy atom. The van der Waals surface area contributed by atoms with Crippen LogP contribution in [0.3, 0.4) is 0 Å². The summed E-state index contributed by atoms with van der Waals surface area (Å²) in [6.07, 6.45) is 8.97. The zero-order valence-corrected chi connectivity index (χ0v) is 16.2. The first-order valence-electron chi connectivity index (χ1n) is 9.93. The maximum absolute atomic E-state index is 14.3. The van der Waals surface area contributed by atoms with Gasteiger partial charge in [-0.25, -0.2) is 13.8 Å². The summed E-state index contributed by atoms with van der Waals surface area (Å²) in [7, 11) is 0. The molecule has 154 valence electrons. The van der Waals surface area contributed by atoms with Gasteiger partial charge in [0.2, 0.25) is 0 Å². The number of aromatic nitrogens is 2. The molecular formula is C23H21F2N3O2. The van der Waals surface area contributed by atoms with Crippen LogP contribution < -0.4 is 5.32 Å². The summed E-state index contributed by atoms with van der Waals surface area (Å²) in [6.45, 7) is 0. The first-order chi connectivity index (χ1) is 14.5. The number of hydrogen-bond acceptors (Lipinski definition) is 4. The third-order valence-electron chi connectivity index (χ3n) is 5.43. The van der Waals surface area contributed by atoms with E-state index >= 15 is 0 Å². The molecule has 0 radical (unpaired) electrons. The number of phenolic OH excluding ortho intramolecular Hbond substituents is 1. The fourth-order valence-electron chi connectivity index (χ4n) is 3.92. The molecule has 3 aromatic rings. The molecule has 0 unspecified atom stereocenters. The highest BCUT2D eigenvalue weighted by Gasteiger charge is 2.21. The summed E-state index contributed by atoms with van der Waals surface area (Å²) in [6, 6.07) is 7.58. The van der Waals surface area contributed by atoms with Crippen molar-refractivity contribution < 1.29 is 18.7 Å². The first-order valence-corrected chi connectivity index (χ1v) is 9.93. The molecule has 0 bridgehead atoms. The van der Waals surface area contributed by atoms with Gasteiger partial charge >= 0.3 is 0 Å². The number of pyridine rings is 2. The van der Waals surface area contributed by atoms with Crippen molar-refractivity contribution in [3.63, 3.8) is 0 Å². The van der Waals surface area contributed by atoms with Gasteiger partial charge < -0.3 is 10.4 Å². The van der Waals surface area contributed by atoms with Gasteiger partial charge in [-0.2, -0.15) is 0 Å². The van der Waals surface area contributed by atoms with Crippen LogP contribution in [0.15, 0.2) is 48.8 Å². The smallest absolute Gasteiger partial charge is 0.274 e. The van der Waals surface area contributed by atoms with Crippen LogP contribution in [0, 0.1) is 11.6 Å². The van der Waals surface area contributed by atoms with Crippen LogP contribution in [-0.2, 0) is 0 Å². The van der Waals surface area contributed by atoms with Crippen molar-refractivity contribution in [3.8, 4) is 17.0 Å². The maximum Gasteiger partial charge on any atom is 0.274 e. The van der Waals surface area contributed by atoms with Gasteiger partial charge in [0.25, 0.3) is 5.91 Å². The third kappa shape index (κ3) is 4.15. The Kier molecular flexibility index (Phi) is 5.70. The van der Waals surface area contributed by atoms with E-state index in [1.165, 1.54) is 24.6 Å². The van der Waals surface area contributed by atoms with E-state index in [1.807, 2.05) is 6.07 Å². The van der Waals surface area contributed by atoms with Crippen molar-refractivity contribution in [3.05, 3.63) is 71.7 Å². The number of carbonyl (C=O) groups is 1. The SMILES string of the molecule is O=C(Nc1cnccc1C1CCCCC1)c1ccc(F)c(-c2ccc(O)cc2F)n1. The van der Waals surface area contributed by atoms with Crippen LogP contribution in [0.2, 0.25) is 0 Å². The van der Waals surface area contributed by atoms with Crippen LogP contribution in [0.25, 0.3) is 11.3 Å². The summed E-state index contributed by atoms with van der Waals surface area (Å²) in [5.74, 6) is -2.04. The zero-order valence-electron chi connectivity index (χ0n) is 16.2. The number of nitrogens with one attached hydrogen (secondary N) is 1. The molecule has 0 aliphatic heterocycles. The molecule has 1 fully saturated rings. The average Bonchev–Trinajstić information content (AvgIpc) is 2.75. The summed E-state index contributed by atoms with van der Waals surface area (Å²) in [5.41, 5.74) is 1.17. The summed E-state index contributed by atoms with van der Waals surface area (Å²) >= 11 is 0. The number of rotatable bonds is 4. The third-order valence-corrected chi connectivity index (χ3v) is 5.43. The number of anilines is 1. The van der Waals surface area contributed by atoms with Gasteiger partial charge in [-0.3, -0.25) is 9.78 Å². The summed E-state index contributed by atoms with van der Waals surface area (Å²) in [4.78, 5) is 21.0. The molecule has 2 heterocycles. The van der Waals surface area contributed by atoms with Gasteiger partial charge in [-0.15, -0.1) is 0 Å². The number of halogens is 2. The van der Waals surface area contributed by atoms with E-state index in [-0.39, 0.29) is 22.7 Å². The fraction of sp³-hybridized carbons (Fsp3) is 0.261. The molecule has 1 aliphatic carbocycles. The minimum atomic E-state index is -0.828. The standard InChI is InChI=1S/C23H21F2N3O2/c24-18-8-9-20(27-22(18)17-7-6-15(29)12-19(17)25)23(30)28-21-13-26-11-10-16(21)14-4-2-1-3-5-14/h6-14,29H,1-5H2,(H,28,30). The monoisotopic (exact) mass is 409 g/mol. The number of carbonyl (C=O) groups excluding carboxylic acids is 1. The van der Waals surface area contributed by atoms with E-state index in [4.69, 9.17) is 0 Å². The lowest BCUT2D eigenvalue weighted by Gasteiger charge is -2.24. The van der Waals surface area contributed by atoms with Crippen molar-refractivity contribution >= 4 is 11.6 Å². The number of amides is 1. The molecule has 0 saturated heterocycles. The molecule has 0 spiro atoms. The largest absolute Gasteiger partial charge is 0.508 e. The van der Waals surface area contributed by atoms with Crippen molar-refractivity contribution in [2.45, 2.75) is 38.0 Å². The molecule has 1 saturated carbocycles. The zero-order chi connectivity index (χ0) is 21.1. The highest BCUT2D eigenvalue weighted by molar-refractivity contribution is 6.03. The van der Waals surface area contributed by atoms with Crippen molar-refractivity contribution in [2.75, 3.05) is 5.32 Å². The number of nitrogens with zero attached hydrogens (tertiary/aromatic N) is 2. The second-order valence-corrected chi connectivity index (χ2v) is 7.44. The lowest BCUT2D eigenvalue weighted by Crippen LogP contribution is -2.17. The van der Waals surface area contributed by atoms with E-state index < -0.39 is 17.5 Å². The Morgan fingerprint density at radius 2 is 1.83 bits per heavy atom. The highest BCUT2D eigenvalue weighted by Crippen LogP contribution is 2.36. The van der Waals surface area contributed by atoms with Gasteiger partial charge in [0, 0.05) is 17.8 Å². The van der Waals surface area contributed by atoms with Crippen molar-refractivity contribution in [1.29, 1.82) is 0 Å². The average molecular weight is 409 g/mol. The molecule has 5 nitrogen and oxygen atoms in total. The molecular weight excluding hydrogens is 388 g/mol. The normalized spacial score (nSPS) is 14.5. The predicted molar refractivity (Wildman–Crippen MR) is 109 cm³/mol. The van der Waals surface area contributed by atoms with Crippen LogP contribution in [-0.4, -0.2) is 21.0 Å². The lowest BCUT2D eigenvalue weighted by molar-refractivity contribution is 0.102. The predicted octanol–water partition coefficient (Wildman–Crippen LogP) is 5.43. The molecule has 30 heavy (non-hydrogen) atoms. The number of benzene rings is 1. The highest BCUT2D eigenvalue weighted by atomic mass is 19.1. The van der Waals surface area contributed by atoms with Gasteiger partial charge in [-0.1, -0.05) is 19.3 Å². The fourth-order valence-corrected chi connectivity index (χ4v) is 3.92. The van der Waals surface area contributed by atoms with Gasteiger partial charge in [0.15, 0.2) is 0 Å². The lowest BCUT2D eigenvalue weighted by atomic mass is 9.84. The minimum Gasteiger partial charge on any atom is -0.508 e. The molecule has 2 aromatic heterocycles. The topological polar surface area (TPSA) is 75.1 Å². The van der Waals surface area contributed by atoms with Crippen molar-refractivity contribution in [2.24, 2.45) is 0 Å². The van der Waals surface area contributed by atoms with Crippen molar-refractivity contribution in [1.82, 2.24) is 9.97 Å². The minimum absolute atomic E-state index is 0.0441. The molecule has 0 atom stereocenters. The molecule has 1 aromatic carbocycles. The molecule has 7 heteroatoms. The van der Waals surface area contributed by atoms with Crippen LogP contribution in [0.1, 0.15) is 54.1 Å². The second kappa shape index (κ2) is 8.57. The van der Waals surface area contributed by atoms with Crippen LogP contribution in [0.5, 0.6) is 5.75 Å². The second-order valence-electron chi connectivity index (χ2n) is 7.44. The van der Waals surface area contributed by atoms with Crippen LogP contribution >= 0.6 is 0 Å². The number of aromatic hydroxyl groups is 1. The Morgan fingerprint density at radius 1 is 1.03 bits per heavy atom. The Hall–Kier alpha value is -3.35. The molecule has 2 N–H and O–H groups in total. The Labute approximate surface area is 172 Å². The number of hydrogen-bond donors (Lipinski definition) is 2. The van der Waals surface area contributed by atoms with Gasteiger partial charge in [0.05, 0.1) is 11.9 Å². The van der Waals surface area contributed by atoms with E-state index in [9.17, 15) is 18.7 Å². The Bertz CT molecular complexity index is 1080. The maximum atomic E-state index is 14.3. The van der Waals surface area contributed by atoms with E-state index in [0.29, 0.717) is 11.6 Å². The number of phenols is 1. The molecule has 1 aliphatic rings. The van der Waals surface area contributed by atoms with Gasteiger partial charge in [-0.05, 0) is 54.7 Å². The van der Waals surface area contributed by atoms with E-state index in [2.05, 4.69) is 15.3 Å². The van der Waals surface area contributed by atoms with E-state index in [1.54, 1.807) is 12.4 Å². The quantitative estimate of drug-likeness (QED) is 0.603.